The zero-order chi connectivity index (χ0) is 20.3. The molecule has 0 aliphatic heterocycles. The molecule has 5 heteroatoms. The van der Waals surface area contributed by atoms with Crippen molar-refractivity contribution in [2.24, 2.45) is 4.36 Å². The molecule has 0 amide bonds. The van der Waals surface area contributed by atoms with Gasteiger partial charge in [-0.25, -0.2) is 8.60 Å². The Labute approximate surface area is 166 Å². The van der Waals surface area contributed by atoms with Gasteiger partial charge in [0, 0.05) is 17.7 Å². The molecule has 1 atom stereocenters. The number of anilines is 1. The van der Waals surface area contributed by atoms with Crippen molar-refractivity contribution < 1.29 is 8.60 Å². The number of nitrogens with zero attached hydrogens (tertiary/aromatic N) is 1. The highest BCUT2D eigenvalue weighted by molar-refractivity contribution is 7.93. The monoisotopic (exact) mass is 396 g/mol. The fourth-order valence-electron chi connectivity index (χ4n) is 3.32. The van der Waals surface area contributed by atoms with Gasteiger partial charge in [-0.15, -0.1) is 0 Å². The lowest BCUT2D eigenvalue weighted by Crippen LogP contribution is -2.05. The van der Waals surface area contributed by atoms with E-state index in [-0.39, 0.29) is 5.82 Å². The Morgan fingerprint density at radius 1 is 0.964 bits per heavy atom. The van der Waals surface area contributed by atoms with Gasteiger partial charge >= 0.3 is 0 Å². The third kappa shape index (κ3) is 4.60. The Kier molecular flexibility index (Phi) is 5.84. The first kappa shape index (κ1) is 20.1. The Hall–Kier alpha value is -2.66. The second-order valence-corrected chi connectivity index (χ2v) is 9.36. The standard InChI is InChI=1S/C23H25FN2OS/c1-16-12-17(2)21(18(3)13-16)15-25-23-14-19(24)10-11-22(23)26-28(4,27)20-8-6-5-7-9-20/h5-14,25H,15H2,1-4H3. The van der Waals surface area contributed by atoms with Crippen LogP contribution in [0.3, 0.4) is 0 Å². The molecule has 0 saturated carbocycles. The SMILES string of the molecule is Cc1cc(C)c(CNc2cc(F)ccc2N=S(C)(=O)c2ccccc2)c(C)c1. The lowest BCUT2D eigenvalue weighted by molar-refractivity contribution is 0.628. The number of hydrogen-bond acceptors (Lipinski definition) is 3. The third-order valence-electron chi connectivity index (χ3n) is 4.71. The van der Waals surface area contributed by atoms with Crippen LogP contribution in [0.15, 0.2) is 69.9 Å². The first-order valence-corrected chi connectivity index (χ1v) is 11.1. The summed E-state index contributed by atoms with van der Waals surface area (Å²) in [5, 5.41) is 3.29. The van der Waals surface area contributed by atoms with Crippen LogP contribution in [0.2, 0.25) is 0 Å². The second-order valence-electron chi connectivity index (χ2n) is 7.10. The molecule has 0 heterocycles. The number of hydrogen-bond donors (Lipinski definition) is 1. The molecule has 3 rings (SSSR count). The zero-order valence-corrected chi connectivity index (χ0v) is 17.4. The van der Waals surface area contributed by atoms with E-state index in [2.05, 4.69) is 42.6 Å². The zero-order valence-electron chi connectivity index (χ0n) is 16.6. The van der Waals surface area contributed by atoms with Crippen LogP contribution in [0, 0.1) is 26.6 Å². The van der Waals surface area contributed by atoms with E-state index in [0.29, 0.717) is 22.8 Å². The van der Waals surface area contributed by atoms with Gasteiger partial charge in [0.1, 0.15) is 5.82 Å². The number of halogens is 1. The molecule has 0 aliphatic carbocycles. The van der Waals surface area contributed by atoms with Crippen LogP contribution in [0.1, 0.15) is 22.3 Å². The van der Waals surface area contributed by atoms with Crippen LogP contribution < -0.4 is 5.32 Å². The third-order valence-corrected chi connectivity index (χ3v) is 6.40. The smallest absolute Gasteiger partial charge is 0.125 e. The number of aryl methyl sites for hydroxylation is 3. The van der Waals surface area contributed by atoms with Crippen molar-refractivity contribution in [3.63, 3.8) is 0 Å². The van der Waals surface area contributed by atoms with Crippen LogP contribution in [0.5, 0.6) is 0 Å². The summed E-state index contributed by atoms with van der Waals surface area (Å²) < 4.78 is 31.5. The van der Waals surface area contributed by atoms with Crippen LogP contribution in [0.4, 0.5) is 15.8 Å². The van der Waals surface area contributed by atoms with E-state index in [0.717, 1.165) is 0 Å². The van der Waals surface area contributed by atoms with Crippen molar-refractivity contribution in [3.8, 4) is 0 Å². The molecule has 3 aromatic carbocycles. The summed E-state index contributed by atoms with van der Waals surface area (Å²) in [6.07, 6.45) is 1.60. The predicted molar refractivity (Wildman–Crippen MR) is 115 cm³/mol. The number of nitrogens with one attached hydrogen (secondary N) is 1. The van der Waals surface area contributed by atoms with E-state index in [9.17, 15) is 8.60 Å². The minimum Gasteiger partial charge on any atom is -0.379 e. The predicted octanol–water partition coefficient (Wildman–Crippen LogP) is 6.15. The van der Waals surface area contributed by atoms with Crippen molar-refractivity contribution in [1.82, 2.24) is 0 Å². The lowest BCUT2D eigenvalue weighted by atomic mass is 10.00. The first-order valence-electron chi connectivity index (χ1n) is 9.13. The molecule has 0 aliphatic rings. The molecule has 0 saturated heterocycles. The fourth-order valence-corrected chi connectivity index (χ4v) is 4.62. The summed E-state index contributed by atoms with van der Waals surface area (Å²) in [5.41, 5.74) is 5.77. The maximum Gasteiger partial charge on any atom is 0.125 e. The second kappa shape index (κ2) is 8.15. The summed E-state index contributed by atoms with van der Waals surface area (Å²) in [7, 11) is -2.64. The van der Waals surface area contributed by atoms with Crippen molar-refractivity contribution in [3.05, 3.63) is 88.7 Å². The van der Waals surface area contributed by atoms with E-state index in [4.69, 9.17) is 0 Å². The van der Waals surface area contributed by atoms with Crippen molar-refractivity contribution in [1.29, 1.82) is 0 Å². The summed E-state index contributed by atoms with van der Waals surface area (Å²) in [4.78, 5) is 0.649. The van der Waals surface area contributed by atoms with Gasteiger partial charge < -0.3 is 5.32 Å². The Morgan fingerprint density at radius 3 is 2.25 bits per heavy atom. The summed E-state index contributed by atoms with van der Waals surface area (Å²) in [6, 6.07) is 17.7. The Morgan fingerprint density at radius 2 is 1.61 bits per heavy atom. The highest BCUT2D eigenvalue weighted by Crippen LogP contribution is 2.30. The molecule has 3 aromatic rings. The fraction of sp³-hybridized carbons (Fsp3) is 0.217. The largest absolute Gasteiger partial charge is 0.379 e. The number of rotatable bonds is 5. The van der Waals surface area contributed by atoms with E-state index in [1.807, 2.05) is 18.2 Å². The molecule has 28 heavy (non-hydrogen) atoms. The molecule has 1 unspecified atom stereocenters. The van der Waals surface area contributed by atoms with Crippen molar-refractivity contribution in [2.75, 3.05) is 11.6 Å². The Balaban J connectivity index is 1.97. The summed E-state index contributed by atoms with van der Waals surface area (Å²) >= 11 is 0. The molecule has 0 radical (unpaired) electrons. The summed E-state index contributed by atoms with van der Waals surface area (Å²) in [6.45, 7) is 6.76. The van der Waals surface area contributed by atoms with Crippen molar-refractivity contribution >= 4 is 21.1 Å². The van der Waals surface area contributed by atoms with E-state index < -0.39 is 9.73 Å². The number of benzene rings is 3. The molecule has 3 nitrogen and oxygen atoms in total. The highest BCUT2D eigenvalue weighted by atomic mass is 32.2. The maximum absolute atomic E-state index is 13.9. The van der Waals surface area contributed by atoms with Crippen LogP contribution in [0.25, 0.3) is 0 Å². The van der Waals surface area contributed by atoms with Gasteiger partial charge in [0.05, 0.1) is 21.1 Å². The van der Waals surface area contributed by atoms with Crippen LogP contribution in [-0.2, 0) is 16.3 Å². The molecule has 0 fully saturated rings. The van der Waals surface area contributed by atoms with Gasteiger partial charge in [0.2, 0.25) is 0 Å². The van der Waals surface area contributed by atoms with E-state index in [1.165, 1.54) is 34.4 Å². The molecule has 0 aromatic heterocycles. The minimum absolute atomic E-state index is 0.360. The summed E-state index contributed by atoms with van der Waals surface area (Å²) in [5.74, 6) is -0.360. The normalized spacial score (nSPS) is 13.0. The molecular formula is C23H25FN2OS. The van der Waals surface area contributed by atoms with Gasteiger partial charge in [0.25, 0.3) is 0 Å². The molecule has 0 bridgehead atoms. The maximum atomic E-state index is 13.9. The lowest BCUT2D eigenvalue weighted by Gasteiger charge is -2.15. The topological polar surface area (TPSA) is 41.5 Å². The quantitative estimate of drug-likeness (QED) is 0.562. The van der Waals surface area contributed by atoms with Crippen LogP contribution in [-0.4, -0.2) is 10.5 Å². The molecule has 146 valence electrons. The van der Waals surface area contributed by atoms with Gasteiger partial charge in [-0.05, 0) is 67.8 Å². The molecular weight excluding hydrogens is 371 g/mol. The average molecular weight is 397 g/mol. The Bertz CT molecular complexity index is 1090. The molecule has 0 spiro atoms. The van der Waals surface area contributed by atoms with E-state index >= 15 is 0 Å². The average Bonchev–Trinajstić information content (AvgIpc) is 2.63. The van der Waals surface area contributed by atoms with Gasteiger partial charge in [-0.1, -0.05) is 35.9 Å². The molecule has 1 N–H and O–H groups in total. The van der Waals surface area contributed by atoms with Crippen LogP contribution >= 0.6 is 0 Å². The van der Waals surface area contributed by atoms with Gasteiger partial charge in [-0.2, -0.15) is 4.36 Å². The van der Waals surface area contributed by atoms with E-state index in [1.54, 1.807) is 24.5 Å². The highest BCUT2D eigenvalue weighted by Gasteiger charge is 2.11. The van der Waals surface area contributed by atoms with Crippen molar-refractivity contribution in [2.45, 2.75) is 32.2 Å². The van der Waals surface area contributed by atoms with Gasteiger partial charge in [-0.3, -0.25) is 0 Å². The first-order chi connectivity index (χ1) is 13.3. The van der Waals surface area contributed by atoms with Gasteiger partial charge in [0.15, 0.2) is 0 Å². The minimum atomic E-state index is -2.64.